The molecule has 1 aromatic carbocycles. The van der Waals surface area contributed by atoms with Gasteiger partial charge in [-0.2, -0.15) is 0 Å². The first kappa shape index (κ1) is 19.8. The zero-order valence-electron chi connectivity index (χ0n) is 16.5. The van der Waals surface area contributed by atoms with Gasteiger partial charge in [-0.15, -0.1) is 0 Å². The number of nitrogens with two attached hydrogens (primary N) is 1. The van der Waals surface area contributed by atoms with Gasteiger partial charge in [0.25, 0.3) is 11.8 Å². The van der Waals surface area contributed by atoms with Crippen molar-refractivity contribution in [2.75, 3.05) is 20.2 Å². The number of carbonyl (C=O) groups excluding carboxylic acids is 2. The number of amides is 2. The first-order chi connectivity index (χ1) is 14.5. The van der Waals surface area contributed by atoms with Crippen LogP contribution in [-0.4, -0.2) is 46.9 Å². The smallest absolute Gasteiger partial charge is 0.254 e. The molecule has 30 heavy (non-hydrogen) atoms. The summed E-state index contributed by atoms with van der Waals surface area (Å²) in [5.74, 6) is -0.943. The second kappa shape index (κ2) is 8.06. The minimum Gasteiger partial charge on any atom is -0.481 e. The molecule has 1 aliphatic heterocycles. The fraction of sp³-hybridized carbons (Fsp3) is 0.273. The Balaban J connectivity index is 1.66. The number of hydrogen-bond donors (Lipinski definition) is 1. The standard InChI is InChI=1S/C22H21FN4O3/c1-30-19-11-13(6-7-25-19)22(29)27-8-2-3-14(12-27)20-17(21(24)28)10-15-9-16(23)4-5-18(15)26-20/h4-7,9-11,14H,2-3,8,12H2,1H3,(H2,24,28). The van der Waals surface area contributed by atoms with Gasteiger partial charge in [-0.25, -0.2) is 9.37 Å². The zero-order chi connectivity index (χ0) is 21.3. The normalized spacial score (nSPS) is 16.5. The highest BCUT2D eigenvalue weighted by atomic mass is 19.1. The van der Waals surface area contributed by atoms with Crippen molar-refractivity contribution in [2.24, 2.45) is 5.73 Å². The highest BCUT2D eigenvalue weighted by Gasteiger charge is 2.29. The molecule has 0 bridgehead atoms. The van der Waals surface area contributed by atoms with E-state index in [1.807, 2.05) is 0 Å². The lowest BCUT2D eigenvalue weighted by Crippen LogP contribution is -2.39. The Labute approximate surface area is 172 Å². The molecular weight excluding hydrogens is 387 g/mol. The Morgan fingerprint density at radius 2 is 2.07 bits per heavy atom. The first-order valence-electron chi connectivity index (χ1n) is 9.65. The van der Waals surface area contributed by atoms with Crippen molar-refractivity contribution in [3.8, 4) is 5.88 Å². The number of rotatable bonds is 4. The molecule has 8 heteroatoms. The van der Waals surface area contributed by atoms with E-state index in [2.05, 4.69) is 9.97 Å². The van der Waals surface area contributed by atoms with E-state index in [9.17, 15) is 14.0 Å². The monoisotopic (exact) mass is 408 g/mol. The number of fused-ring (bicyclic) bond motifs is 1. The van der Waals surface area contributed by atoms with E-state index >= 15 is 0 Å². The van der Waals surface area contributed by atoms with Crippen molar-refractivity contribution < 1.29 is 18.7 Å². The number of hydrogen-bond acceptors (Lipinski definition) is 5. The third kappa shape index (κ3) is 3.80. The van der Waals surface area contributed by atoms with Gasteiger partial charge in [-0.05, 0) is 43.2 Å². The van der Waals surface area contributed by atoms with E-state index < -0.39 is 11.7 Å². The number of pyridine rings is 2. The van der Waals surface area contributed by atoms with Gasteiger partial charge >= 0.3 is 0 Å². The lowest BCUT2D eigenvalue weighted by molar-refractivity contribution is 0.0705. The number of halogens is 1. The summed E-state index contributed by atoms with van der Waals surface area (Å²) < 4.78 is 18.7. The number of aromatic nitrogens is 2. The Morgan fingerprint density at radius 3 is 2.83 bits per heavy atom. The molecule has 2 N–H and O–H groups in total. The molecule has 0 spiro atoms. The molecule has 1 unspecified atom stereocenters. The second-order valence-corrected chi connectivity index (χ2v) is 7.30. The molecule has 1 aliphatic rings. The van der Waals surface area contributed by atoms with Gasteiger partial charge in [0, 0.05) is 42.2 Å². The minimum absolute atomic E-state index is 0.135. The summed E-state index contributed by atoms with van der Waals surface area (Å²) in [6, 6.07) is 9.06. The SMILES string of the molecule is COc1cc(C(=O)N2CCCC(c3nc4ccc(F)cc4cc3C(N)=O)C2)ccn1. The van der Waals surface area contributed by atoms with Crippen LogP contribution < -0.4 is 10.5 Å². The molecule has 2 amide bonds. The highest BCUT2D eigenvalue weighted by molar-refractivity contribution is 5.98. The zero-order valence-corrected chi connectivity index (χ0v) is 16.5. The summed E-state index contributed by atoms with van der Waals surface area (Å²) >= 11 is 0. The van der Waals surface area contributed by atoms with Crippen LogP contribution in [0.1, 0.15) is 45.2 Å². The molecule has 1 saturated heterocycles. The Hall–Kier alpha value is -3.55. The lowest BCUT2D eigenvalue weighted by Gasteiger charge is -2.33. The van der Waals surface area contributed by atoms with Crippen LogP contribution in [0.25, 0.3) is 10.9 Å². The molecule has 1 atom stereocenters. The summed E-state index contributed by atoms with van der Waals surface area (Å²) in [5.41, 5.74) is 7.47. The van der Waals surface area contributed by atoms with Crippen LogP contribution in [0.15, 0.2) is 42.6 Å². The van der Waals surface area contributed by atoms with Gasteiger partial charge in [0.15, 0.2) is 0 Å². The molecule has 7 nitrogen and oxygen atoms in total. The van der Waals surface area contributed by atoms with Crippen LogP contribution in [0.2, 0.25) is 0 Å². The van der Waals surface area contributed by atoms with Crippen LogP contribution in [0.5, 0.6) is 5.88 Å². The summed E-state index contributed by atoms with van der Waals surface area (Å²) in [4.78, 5) is 35.5. The summed E-state index contributed by atoms with van der Waals surface area (Å²) in [6.07, 6.45) is 3.06. The maximum atomic E-state index is 13.6. The van der Waals surface area contributed by atoms with Gasteiger partial charge in [0.2, 0.25) is 5.88 Å². The van der Waals surface area contributed by atoms with Crippen LogP contribution in [0.3, 0.4) is 0 Å². The van der Waals surface area contributed by atoms with Crippen LogP contribution >= 0.6 is 0 Å². The molecular formula is C22H21FN4O3. The summed E-state index contributed by atoms with van der Waals surface area (Å²) in [6.45, 7) is 1.01. The van der Waals surface area contributed by atoms with E-state index in [1.165, 1.54) is 25.4 Å². The number of piperidine rings is 1. The summed E-state index contributed by atoms with van der Waals surface area (Å²) in [7, 11) is 1.50. The molecule has 1 fully saturated rings. The van der Waals surface area contributed by atoms with E-state index in [0.29, 0.717) is 41.1 Å². The predicted octanol–water partition coefficient (Wildman–Crippen LogP) is 2.90. The van der Waals surface area contributed by atoms with Crippen molar-refractivity contribution in [1.82, 2.24) is 14.9 Å². The van der Waals surface area contributed by atoms with Gasteiger partial charge in [0.05, 0.1) is 23.9 Å². The minimum atomic E-state index is -0.619. The van der Waals surface area contributed by atoms with Crippen molar-refractivity contribution >= 4 is 22.7 Å². The molecule has 0 aliphatic carbocycles. The molecule has 154 valence electrons. The third-order valence-electron chi connectivity index (χ3n) is 5.36. The van der Waals surface area contributed by atoms with Gasteiger partial charge in [0.1, 0.15) is 5.82 Å². The Bertz CT molecular complexity index is 1130. The second-order valence-electron chi connectivity index (χ2n) is 7.30. The Kier molecular flexibility index (Phi) is 5.31. The maximum absolute atomic E-state index is 13.6. The van der Waals surface area contributed by atoms with E-state index in [-0.39, 0.29) is 17.4 Å². The first-order valence-corrected chi connectivity index (χ1v) is 9.65. The number of likely N-dealkylation sites (tertiary alicyclic amines) is 1. The molecule has 2 aromatic heterocycles. The molecule has 3 aromatic rings. The predicted molar refractivity (Wildman–Crippen MR) is 109 cm³/mol. The molecule has 0 radical (unpaired) electrons. The van der Waals surface area contributed by atoms with Crippen LogP contribution in [0, 0.1) is 5.82 Å². The number of nitrogens with zero attached hydrogens (tertiary/aromatic N) is 3. The molecule has 4 rings (SSSR count). The average Bonchev–Trinajstić information content (AvgIpc) is 2.77. The van der Waals surface area contributed by atoms with E-state index in [1.54, 1.807) is 29.2 Å². The van der Waals surface area contributed by atoms with Crippen LogP contribution in [0.4, 0.5) is 4.39 Å². The Morgan fingerprint density at radius 1 is 1.23 bits per heavy atom. The number of carbonyl (C=O) groups is 2. The molecule has 3 heterocycles. The van der Waals surface area contributed by atoms with Gasteiger partial charge < -0.3 is 15.4 Å². The van der Waals surface area contributed by atoms with Gasteiger partial charge in [-0.1, -0.05) is 0 Å². The third-order valence-corrected chi connectivity index (χ3v) is 5.36. The fourth-order valence-electron chi connectivity index (χ4n) is 3.89. The number of benzene rings is 1. The van der Waals surface area contributed by atoms with Crippen molar-refractivity contribution in [1.29, 1.82) is 0 Å². The van der Waals surface area contributed by atoms with Crippen LogP contribution in [-0.2, 0) is 0 Å². The number of ether oxygens (including phenoxy) is 1. The van der Waals surface area contributed by atoms with E-state index in [4.69, 9.17) is 10.5 Å². The number of methoxy groups -OCH3 is 1. The topological polar surface area (TPSA) is 98.4 Å². The van der Waals surface area contributed by atoms with Crippen molar-refractivity contribution in [3.63, 3.8) is 0 Å². The quantitative estimate of drug-likeness (QED) is 0.716. The number of primary amides is 1. The maximum Gasteiger partial charge on any atom is 0.254 e. The fourth-order valence-corrected chi connectivity index (χ4v) is 3.89. The van der Waals surface area contributed by atoms with Crippen molar-refractivity contribution in [2.45, 2.75) is 18.8 Å². The lowest BCUT2D eigenvalue weighted by atomic mass is 9.90. The highest BCUT2D eigenvalue weighted by Crippen LogP contribution is 2.31. The van der Waals surface area contributed by atoms with Crippen molar-refractivity contribution in [3.05, 3.63) is 65.2 Å². The average molecular weight is 408 g/mol. The molecule has 0 saturated carbocycles. The van der Waals surface area contributed by atoms with Gasteiger partial charge in [-0.3, -0.25) is 14.6 Å². The largest absolute Gasteiger partial charge is 0.481 e. The van der Waals surface area contributed by atoms with E-state index in [0.717, 1.165) is 12.8 Å². The summed E-state index contributed by atoms with van der Waals surface area (Å²) in [5, 5.41) is 0.514.